The van der Waals surface area contributed by atoms with E-state index in [0.29, 0.717) is 6.04 Å². The molecule has 0 aliphatic carbocycles. The molecule has 16 heavy (non-hydrogen) atoms. The van der Waals surface area contributed by atoms with E-state index in [2.05, 4.69) is 21.4 Å². The van der Waals surface area contributed by atoms with Crippen molar-refractivity contribution >= 4 is 11.3 Å². The monoisotopic (exact) mass is 233 g/mol. The zero-order valence-corrected chi connectivity index (χ0v) is 10.3. The zero-order chi connectivity index (χ0) is 11.4. The predicted octanol–water partition coefficient (Wildman–Crippen LogP) is 2.35. The number of hydrogen-bond acceptors (Lipinski definition) is 4. The average molecular weight is 233 g/mol. The molecule has 0 aliphatic heterocycles. The second-order valence-electron chi connectivity index (χ2n) is 3.65. The van der Waals surface area contributed by atoms with E-state index in [1.54, 1.807) is 11.3 Å². The van der Waals surface area contributed by atoms with Gasteiger partial charge in [-0.3, -0.25) is 4.98 Å². The molecule has 2 rings (SSSR count). The van der Waals surface area contributed by atoms with Gasteiger partial charge in [0.2, 0.25) is 0 Å². The molecule has 2 aromatic heterocycles. The summed E-state index contributed by atoms with van der Waals surface area (Å²) >= 11 is 1.74. The van der Waals surface area contributed by atoms with Crippen molar-refractivity contribution in [3.05, 3.63) is 46.2 Å². The van der Waals surface area contributed by atoms with Crippen LogP contribution in [-0.4, -0.2) is 17.0 Å². The van der Waals surface area contributed by atoms with E-state index in [0.717, 1.165) is 17.1 Å². The van der Waals surface area contributed by atoms with E-state index < -0.39 is 0 Å². The second-order valence-corrected chi connectivity index (χ2v) is 4.91. The van der Waals surface area contributed by atoms with Crippen LogP contribution in [0.2, 0.25) is 0 Å². The fourth-order valence-electron chi connectivity index (χ4n) is 1.61. The topological polar surface area (TPSA) is 37.8 Å². The number of nitrogens with one attached hydrogen (secondary N) is 1. The van der Waals surface area contributed by atoms with E-state index in [9.17, 15) is 0 Å². The number of aryl methyl sites for hydroxylation is 1. The summed E-state index contributed by atoms with van der Waals surface area (Å²) in [7, 11) is 1.97. The van der Waals surface area contributed by atoms with Crippen molar-refractivity contribution in [2.24, 2.45) is 0 Å². The van der Waals surface area contributed by atoms with Crippen molar-refractivity contribution in [2.45, 2.75) is 19.4 Å². The Morgan fingerprint density at radius 3 is 2.81 bits per heavy atom. The number of rotatable bonds is 4. The van der Waals surface area contributed by atoms with Crippen molar-refractivity contribution in [3.63, 3.8) is 0 Å². The molecule has 0 fully saturated rings. The third-order valence-corrected chi connectivity index (χ3v) is 3.50. The van der Waals surface area contributed by atoms with Gasteiger partial charge in [0, 0.05) is 35.4 Å². The third kappa shape index (κ3) is 2.65. The van der Waals surface area contributed by atoms with Gasteiger partial charge in [-0.15, -0.1) is 11.3 Å². The molecule has 84 valence electrons. The summed E-state index contributed by atoms with van der Waals surface area (Å²) in [5.74, 6) is 0. The van der Waals surface area contributed by atoms with Crippen LogP contribution < -0.4 is 5.32 Å². The molecule has 0 radical (unpaired) electrons. The van der Waals surface area contributed by atoms with Crippen LogP contribution in [-0.2, 0) is 6.42 Å². The Balaban J connectivity index is 2.12. The number of likely N-dealkylation sites (N-methyl/N-ethyl adjacent to an activating group) is 1. The zero-order valence-electron chi connectivity index (χ0n) is 9.47. The maximum atomic E-state index is 4.34. The van der Waals surface area contributed by atoms with Gasteiger partial charge in [0.15, 0.2) is 0 Å². The standard InChI is InChI=1S/C12H15N3S/c1-9-15-8-12(16-9)11(13-2)7-10-5-3-4-6-14-10/h3-6,8,11,13H,7H2,1-2H3. The number of thiazole rings is 1. The van der Waals surface area contributed by atoms with E-state index in [-0.39, 0.29) is 0 Å². The smallest absolute Gasteiger partial charge is 0.0897 e. The van der Waals surface area contributed by atoms with Gasteiger partial charge in [0.1, 0.15) is 0 Å². The summed E-state index contributed by atoms with van der Waals surface area (Å²) in [6.07, 6.45) is 4.68. The lowest BCUT2D eigenvalue weighted by atomic mass is 10.1. The van der Waals surface area contributed by atoms with Crippen LogP contribution in [0.25, 0.3) is 0 Å². The number of hydrogen-bond donors (Lipinski definition) is 1. The lowest BCUT2D eigenvalue weighted by Gasteiger charge is -2.13. The van der Waals surface area contributed by atoms with Crippen molar-refractivity contribution in [3.8, 4) is 0 Å². The summed E-state index contributed by atoms with van der Waals surface area (Å²) in [6.45, 7) is 2.03. The quantitative estimate of drug-likeness (QED) is 0.881. The van der Waals surface area contributed by atoms with E-state index in [1.807, 2.05) is 38.5 Å². The average Bonchev–Trinajstić information content (AvgIpc) is 2.74. The van der Waals surface area contributed by atoms with Gasteiger partial charge in [-0.05, 0) is 26.1 Å². The maximum absolute atomic E-state index is 4.34. The van der Waals surface area contributed by atoms with Gasteiger partial charge in [-0.2, -0.15) is 0 Å². The Morgan fingerprint density at radius 1 is 1.38 bits per heavy atom. The van der Waals surface area contributed by atoms with Crippen LogP contribution in [0.5, 0.6) is 0 Å². The van der Waals surface area contributed by atoms with E-state index in [4.69, 9.17) is 0 Å². The molecule has 2 aromatic rings. The number of aromatic nitrogens is 2. The molecular weight excluding hydrogens is 218 g/mol. The molecule has 0 bridgehead atoms. The highest BCUT2D eigenvalue weighted by Crippen LogP contribution is 2.22. The lowest BCUT2D eigenvalue weighted by molar-refractivity contribution is 0.593. The number of pyridine rings is 1. The first-order valence-corrected chi connectivity index (χ1v) is 6.10. The molecule has 0 saturated carbocycles. The lowest BCUT2D eigenvalue weighted by Crippen LogP contribution is -2.18. The Labute approximate surface area is 99.6 Å². The second kappa shape index (κ2) is 5.18. The minimum atomic E-state index is 0.307. The van der Waals surface area contributed by atoms with Crippen molar-refractivity contribution < 1.29 is 0 Å². The third-order valence-electron chi connectivity index (χ3n) is 2.47. The Kier molecular flexibility index (Phi) is 3.64. The minimum absolute atomic E-state index is 0.307. The van der Waals surface area contributed by atoms with Crippen molar-refractivity contribution in [1.82, 2.24) is 15.3 Å². The summed E-state index contributed by atoms with van der Waals surface area (Å²) in [4.78, 5) is 9.90. The highest BCUT2D eigenvalue weighted by atomic mass is 32.1. The van der Waals surface area contributed by atoms with Crippen LogP contribution in [0.4, 0.5) is 0 Å². The largest absolute Gasteiger partial charge is 0.312 e. The SMILES string of the molecule is CNC(Cc1ccccn1)c1cnc(C)s1. The first kappa shape index (κ1) is 11.2. The van der Waals surface area contributed by atoms with Crippen molar-refractivity contribution in [1.29, 1.82) is 0 Å². The van der Waals surface area contributed by atoms with Crippen molar-refractivity contribution in [2.75, 3.05) is 7.05 Å². The first-order valence-electron chi connectivity index (χ1n) is 5.29. The highest BCUT2D eigenvalue weighted by molar-refractivity contribution is 7.11. The van der Waals surface area contributed by atoms with E-state index in [1.165, 1.54) is 4.88 Å². The van der Waals surface area contributed by atoms with Gasteiger partial charge in [-0.25, -0.2) is 4.98 Å². The Morgan fingerprint density at radius 2 is 2.25 bits per heavy atom. The van der Waals surface area contributed by atoms with Gasteiger partial charge in [0.05, 0.1) is 5.01 Å². The van der Waals surface area contributed by atoms with Gasteiger partial charge in [-0.1, -0.05) is 6.07 Å². The first-order chi connectivity index (χ1) is 7.79. The molecular formula is C12H15N3S. The Hall–Kier alpha value is -1.26. The summed E-state index contributed by atoms with van der Waals surface area (Å²) in [5.41, 5.74) is 1.10. The molecule has 1 atom stereocenters. The number of nitrogens with zero attached hydrogens (tertiary/aromatic N) is 2. The summed E-state index contributed by atoms with van der Waals surface area (Å²) < 4.78 is 0. The minimum Gasteiger partial charge on any atom is -0.312 e. The molecule has 0 aromatic carbocycles. The molecule has 0 spiro atoms. The normalized spacial score (nSPS) is 12.6. The maximum Gasteiger partial charge on any atom is 0.0897 e. The van der Waals surface area contributed by atoms with Crippen LogP contribution >= 0.6 is 11.3 Å². The summed E-state index contributed by atoms with van der Waals surface area (Å²) in [5, 5.41) is 4.42. The summed E-state index contributed by atoms with van der Waals surface area (Å²) in [6, 6.07) is 6.32. The molecule has 2 heterocycles. The predicted molar refractivity (Wildman–Crippen MR) is 66.6 cm³/mol. The molecule has 0 saturated heterocycles. The molecule has 1 N–H and O–H groups in total. The fourth-order valence-corrected chi connectivity index (χ4v) is 2.51. The van der Waals surface area contributed by atoms with Crippen LogP contribution in [0.3, 0.4) is 0 Å². The fraction of sp³-hybridized carbons (Fsp3) is 0.333. The van der Waals surface area contributed by atoms with E-state index >= 15 is 0 Å². The van der Waals surface area contributed by atoms with Crippen LogP contribution in [0.15, 0.2) is 30.6 Å². The molecule has 0 amide bonds. The Bertz CT molecular complexity index is 439. The van der Waals surface area contributed by atoms with Crippen LogP contribution in [0.1, 0.15) is 21.6 Å². The highest BCUT2D eigenvalue weighted by Gasteiger charge is 2.13. The van der Waals surface area contributed by atoms with Gasteiger partial charge >= 0.3 is 0 Å². The van der Waals surface area contributed by atoms with Crippen LogP contribution in [0, 0.1) is 6.92 Å². The van der Waals surface area contributed by atoms with Gasteiger partial charge in [0.25, 0.3) is 0 Å². The molecule has 1 unspecified atom stereocenters. The van der Waals surface area contributed by atoms with Gasteiger partial charge < -0.3 is 5.32 Å². The molecule has 3 nitrogen and oxygen atoms in total. The molecule has 4 heteroatoms. The molecule has 0 aliphatic rings.